The molecule has 0 saturated carbocycles. The number of amides is 1. The number of aliphatic hydroxyl groups is 1. The van der Waals surface area contributed by atoms with E-state index in [0.29, 0.717) is 6.54 Å². The minimum atomic E-state index is -0.485. The highest BCUT2D eigenvalue weighted by atomic mass is 16.7. The quantitative estimate of drug-likeness (QED) is 0.248. The second kappa shape index (κ2) is 15.8. The van der Waals surface area contributed by atoms with Crippen molar-refractivity contribution < 1.29 is 24.1 Å². The molecule has 7 heteroatoms. The Morgan fingerprint density at radius 2 is 1.63 bits per heavy atom. The van der Waals surface area contributed by atoms with E-state index in [-0.39, 0.29) is 25.4 Å². The Kier molecular flexibility index (Phi) is 11.4. The summed E-state index contributed by atoms with van der Waals surface area (Å²) in [5.41, 5.74) is 6.06. The molecule has 2 N–H and O–H groups in total. The number of ether oxygens (including phenoxy) is 3. The fourth-order valence-electron chi connectivity index (χ4n) is 5.95. The van der Waals surface area contributed by atoms with E-state index in [1.807, 2.05) is 30.3 Å². The molecule has 0 aromatic heterocycles. The molecule has 2 fully saturated rings. The Morgan fingerprint density at radius 1 is 0.930 bits per heavy atom. The summed E-state index contributed by atoms with van der Waals surface area (Å²) in [6.07, 6.45) is 7.77. The van der Waals surface area contributed by atoms with E-state index in [4.69, 9.17) is 14.2 Å². The first-order chi connectivity index (χ1) is 21.1. The summed E-state index contributed by atoms with van der Waals surface area (Å²) in [6, 6.07) is 24.4. The largest absolute Gasteiger partial charge is 0.445 e. The number of likely N-dealkylation sites (tertiary alicyclic amines) is 1. The van der Waals surface area contributed by atoms with Crippen LogP contribution in [0, 0.1) is 0 Å². The van der Waals surface area contributed by atoms with E-state index in [1.54, 1.807) is 6.08 Å². The monoisotopic (exact) mass is 584 g/mol. The molecule has 0 radical (unpaired) electrons. The van der Waals surface area contributed by atoms with Crippen molar-refractivity contribution in [2.45, 2.75) is 70.2 Å². The van der Waals surface area contributed by atoms with E-state index in [2.05, 4.69) is 59.3 Å². The third-order valence-electron chi connectivity index (χ3n) is 8.29. The van der Waals surface area contributed by atoms with Crippen LogP contribution >= 0.6 is 0 Å². The van der Waals surface area contributed by atoms with Gasteiger partial charge in [0.15, 0.2) is 6.29 Å². The van der Waals surface area contributed by atoms with Crippen LogP contribution in [0.15, 0.2) is 85.5 Å². The Bertz CT molecular complexity index is 1300. The van der Waals surface area contributed by atoms with E-state index < -0.39 is 12.4 Å². The second-order valence-electron chi connectivity index (χ2n) is 11.4. The van der Waals surface area contributed by atoms with Crippen LogP contribution < -0.4 is 5.32 Å². The minimum absolute atomic E-state index is 0.0278. The van der Waals surface area contributed by atoms with Crippen LogP contribution in [0.1, 0.15) is 73.2 Å². The number of carbonyl (C=O) groups is 1. The highest BCUT2D eigenvalue weighted by molar-refractivity contribution is 5.70. The molecule has 3 atom stereocenters. The summed E-state index contributed by atoms with van der Waals surface area (Å²) in [5.74, 6) is 0. The summed E-state index contributed by atoms with van der Waals surface area (Å²) < 4.78 is 18.3. The van der Waals surface area contributed by atoms with Crippen LogP contribution in [0.4, 0.5) is 4.79 Å². The molecular weight excluding hydrogens is 540 g/mol. The molecule has 7 nitrogen and oxygen atoms in total. The summed E-state index contributed by atoms with van der Waals surface area (Å²) in [7, 11) is 0. The molecule has 0 unspecified atom stereocenters. The van der Waals surface area contributed by atoms with Crippen molar-refractivity contribution in [3.8, 4) is 11.1 Å². The van der Waals surface area contributed by atoms with Crippen LogP contribution in [-0.4, -0.2) is 48.4 Å². The first-order valence-electron chi connectivity index (χ1n) is 15.6. The van der Waals surface area contributed by atoms with E-state index >= 15 is 0 Å². The van der Waals surface area contributed by atoms with Crippen LogP contribution in [0.5, 0.6) is 0 Å². The van der Waals surface area contributed by atoms with E-state index in [9.17, 15) is 9.90 Å². The van der Waals surface area contributed by atoms with Gasteiger partial charge in [-0.25, -0.2) is 4.79 Å². The molecule has 2 saturated heterocycles. The normalized spacial score (nSPS) is 21.4. The highest BCUT2D eigenvalue weighted by Gasteiger charge is 2.33. The Balaban J connectivity index is 1.32. The molecule has 0 bridgehead atoms. The molecule has 5 rings (SSSR count). The van der Waals surface area contributed by atoms with Gasteiger partial charge in [-0.3, -0.25) is 0 Å². The molecule has 43 heavy (non-hydrogen) atoms. The van der Waals surface area contributed by atoms with Gasteiger partial charge in [-0.1, -0.05) is 105 Å². The molecule has 3 aromatic rings. The van der Waals surface area contributed by atoms with Crippen LogP contribution in [0.25, 0.3) is 11.1 Å². The predicted molar refractivity (Wildman–Crippen MR) is 168 cm³/mol. The van der Waals surface area contributed by atoms with Crippen molar-refractivity contribution in [1.29, 1.82) is 0 Å². The molecule has 2 heterocycles. The average Bonchev–Trinajstić information content (AvgIpc) is 3.04. The van der Waals surface area contributed by atoms with Crippen molar-refractivity contribution in [2.24, 2.45) is 0 Å². The van der Waals surface area contributed by atoms with Gasteiger partial charge in [0.05, 0.1) is 18.8 Å². The first-order valence-corrected chi connectivity index (χ1v) is 15.6. The van der Waals surface area contributed by atoms with Gasteiger partial charge in [-0.15, -0.1) is 0 Å². The van der Waals surface area contributed by atoms with Crippen molar-refractivity contribution in [2.75, 3.05) is 26.2 Å². The molecule has 0 spiro atoms. The first kappa shape index (κ1) is 31.0. The van der Waals surface area contributed by atoms with Crippen LogP contribution in [0.2, 0.25) is 0 Å². The number of alkyl carbamates (subject to hydrolysis) is 1. The zero-order chi connectivity index (χ0) is 29.9. The van der Waals surface area contributed by atoms with Crippen LogP contribution in [0.3, 0.4) is 0 Å². The van der Waals surface area contributed by atoms with Gasteiger partial charge in [0, 0.05) is 25.1 Å². The van der Waals surface area contributed by atoms with Gasteiger partial charge >= 0.3 is 6.09 Å². The summed E-state index contributed by atoms with van der Waals surface area (Å²) in [4.78, 5) is 14.5. The van der Waals surface area contributed by atoms with E-state index in [1.165, 1.54) is 32.1 Å². The number of benzene rings is 3. The SMILES string of the molecule is C=CCOC(=O)NCc1ccccc1-c1ccc([C@@H]2O[C@H](CN3CCCCCCC3)C[C@H](c3ccc(CO)cc3)O2)cc1. The van der Waals surface area contributed by atoms with Gasteiger partial charge < -0.3 is 29.5 Å². The summed E-state index contributed by atoms with van der Waals surface area (Å²) in [5, 5.41) is 12.3. The maximum absolute atomic E-state index is 12.0. The number of hydrogen-bond acceptors (Lipinski definition) is 6. The fraction of sp³-hybridized carbons (Fsp3) is 0.417. The molecule has 3 aromatic carbocycles. The third kappa shape index (κ3) is 8.77. The third-order valence-corrected chi connectivity index (χ3v) is 8.29. The number of nitrogens with zero attached hydrogens (tertiary/aromatic N) is 1. The van der Waals surface area contributed by atoms with Gasteiger partial charge in [0.2, 0.25) is 0 Å². The summed E-state index contributed by atoms with van der Waals surface area (Å²) >= 11 is 0. The lowest BCUT2D eigenvalue weighted by Crippen LogP contribution is -2.40. The molecule has 228 valence electrons. The number of hydrogen-bond donors (Lipinski definition) is 2. The lowest BCUT2D eigenvalue weighted by atomic mass is 9.97. The zero-order valence-corrected chi connectivity index (χ0v) is 25.0. The van der Waals surface area contributed by atoms with Crippen molar-refractivity contribution in [1.82, 2.24) is 10.2 Å². The summed E-state index contributed by atoms with van der Waals surface area (Å²) in [6.45, 7) is 7.28. The van der Waals surface area contributed by atoms with Gasteiger partial charge in [-0.2, -0.15) is 0 Å². The topological polar surface area (TPSA) is 80.3 Å². The average molecular weight is 585 g/mol. The smallest absolute Gasteiger partial charge is 0.407 e. The number of carbonyl (C=O) groups excluding carboxylic acids is 1. The maximum Gasteiger partial charge on any atom is 0.407 e. The fourth-order valence-corrected chi connectivity index (χ4v) is 5.95. The second-order valence-corrected chi connectivity index (χ2v) is 11.4. The molecule has 1 amide bonds. The van der Waals surface area contributed by atoms with E-state index in [0.717, 1.165) is 59.4 Å². The van der Waals surface area contributed by atoms with Crippen LogP contribution in [-0.2, 0) is 27.4 Å². The molecule has 2 aliphatic heterocycles. The van der Waals surface area contributed by atoms with Gasteiger partial charge in [-0.05, 0) is 53.7 Å². The lowest BCUT2D eigenvalue weighted by molar-refractivity contribution is -0.253. The number of rotatable bonds is 10. The van der Waals surface area contributed by atoms with Crippen molar-refractivity contribution >= 4 is 6.09 Å². The minimum Gasteiger partial charge on any atom is -0.445 e. The lowest BCUT2D eigenvalue weighted by Gasteiger charge is -2.39. The van der Waals surface area contributed by atoms with Gasteiger partial charge in [0.1, 0.15) is 6.61 Å². The maximum atomic E-state index is 12.0. The number of nitrogens with one attached hydrogen (secondary N) is 1. The van der Waals surface area contributed by atoms with Crippen molar-refractivity contribution in [3.63, 3.8) is 0 Å². The Hall–Kier alpha value is -3.49. The van der Waals surface area contributed by atoms with Crippen molar-refractivity contribution in [3.05, 3.63) is 108 Å². The molecular formula is C36H44N2O5. The molecule has 0 aliphatic carbocycles. The predicted octanol–water partition coefficient (Wildman–Crippen LogP) is 7.07. The number of aliphatic hydroxyl groups excluding tert-OH is 1. The zero-order valence-electron chi connectivity index (χ0n) is 25.0. The highest BCUT2D eigenvalue weighted by Crippen LogP contribution is 2.39. The van der Waals surface area contributed by atoms with Gasteiger partial charge in [0.25, 0.3) is 0 Å². The Morgan fingerprint density at radius 3 is 2.35 bits per heavy atom. The standard InChI is InChI=1S/C36H44N2O5/c1-2-22-41-36(40)37-24-31-10-6-7-11-33(31)28-16-18-30(19-17-28)35-42-32(25-38-20-8-4-3-5-9-21-38)23-34(43-35)29-14-12-27(26-39)13-15-29/h2,6-7,10-19,32,34-35,39H,1,3-5,8-9,20-26H2,(H,37,40)/t32-,34+,35+/m0/s1. The Labute approximate surface area is 255 Å². The molecule has 2 aliphatic rings.